The molecule has 0 unspecified atom stereocenters. The summed E-state index contributed by atoms with van der Waals surface area (Å²) in [5.74, 6) is 0.706. The second kappa shape index (κ2) is 8.00. The topological polar surface area (TPSA) is 58.5 Å². The van der Waals surface area contributed by atoms with Gasteiger partial charge in [-0.25, -0.2) is 9.97 Å². The van der Waals surface area contributed by atoms with Crippen LogP contribution in [-0.2, 0) is 11.3 Å². The van der Waals surface area contributed by atoms with Gasteiger partial charge in [0, 0.05) is 37.7 Å². The summed E-state index contributed by atoms with van der Waals surface area (Å²) in [5.41, 5.74) is 0.731. The van der Waals surface area contributed by atoms with Crippen LogP contribution in [0.15, 0.2) is 12.4 Å². The maximum atomic E-state index is 9.00. The summed E-state index contributed by atoms with van der Waals surface area (Å²) in [4.78, 5) is 10.8. The van der Waals surface area contributed by atoms with Gasteiger partial charge in [-0.3, -0.25) is 0 Å². The number of ether oxygens (including phenoxy) is 1. The lowest BCUT2D eigenvalue weighted by atomic mass is 10.1. The maximum Gasteiger partial charge on any atom is 0.225 e. The highest BCUT2D eigenvalue weighted by Gasteiger charge is 2.17. The highest BCUT2D eigenvalue weighted by Crippen LogP contribution is 2.15. The van der Waals surface area contributed by atoms with Gasteiger partial charge in [0.15, 0.2) is 0 Å². The Labute approximate surface area is 109 Å². The van der Waals surface area contributed by atoms with E-state index in [0.29, 0.717) is 18.6 Å². The minimum Gasteiger partial charge on any atom is -0.392 e. The predicted molar refractivity (Wildman–Crippen MR) is 71.5 cm³/mol. The van der Waals surface area contributed by atoms with E-state index in [9.17, 15) is 0 Å². The van der Waals surface area contributed by atoms with E-state index in [-0.39, 0.29) is 6.61 Å². The lowest BCUT2D eigenvalue weighted by Crippen LogP contribution is -2.38. The summed E-state index contributed by atoms with van der Waals surface area (Å²) in [6.45, 7) is 5.73. The van der Waals surface area contributed by atoms with Crippen LogP contribution in [0.25, 0.3) is 0 Å². The van der Waals surface area contributed by atoms with Crippen molar-refractivity contribution in [2.45, 2.75) is 39.3 Å². The fraction of sp³-hybridized carbons (Fsp3) is 0.692. The second-order valence-corrected chi connectivity index (χ2v) is 4.21. The molecule has 0 saturated heterocycles. The molecular formula is C13H23N3O2. The molecule has 0 saturated carbocycles. The molecule has 0 amide bonds. The first-order valence-electron chi connectivity index (χ1n) is 6.44. The van der Waals surface area contributed by atoms with Crippen LogP contribution in [-0.4, -0.2) is 41.4 Å². The molecule has 1 aromatic rings. The standard InChI is InChI=1S/C13H23N3O2/c1-4-12(5-2)16(6-7-18-3)13-14-8-11(10-17)9-15-13/h8-9,12,17H,4-7,10H2,1-3H3. The van der Waals surface area contributed by atoms with Gasteiger partial charge in [0.25, 0.3) is 0 Å². The van der Waals surface area contributed by atoms with E-state index in [2.05, 4.69) is 28.7 Å². The van der Waals surface area contributed by atoms with Crippen molar-refractivity contribution in [1.82, 2.24) is 9.97 Å². The highest BCUT2D eigenvalue weighted by atomic mass is 16.5. The van der Waals surface area contributed by atoms with E-state index in [1.165, 1.54) is 0 Å². The quantitative estimate of drug-likeness (QED) is 0.762. The van der Waals surface area contributed by atoms with Gasteiger partial charge in [-0.15, -0.1) is 0 Å². The molecule has 0 fully saturated rings. The van der Waals surface area contributed by atoms with Gasteiger partial charge >= 0.3 is 0 Å². The Balaban J connectivity index is 2.85. The van der Waals surface area contributed by atoms with E-state index < -0.39 is 0 Å². The van der Waals surface area contributed by atoms with Crippen molar-refractivity contribution in [2.75, 3.05) is 25.2 Å². The molecular weight excluding hydrogens is 230 g/mol. The molecule has 5 heteroatoms. The average molecular weight is 253 g/mol. The van der Waals surface area contributed by atoms with E-state index >= 15 is 0 Å². The molecule has 102 valence electrons. The van der Waals surface area contributed by atoms with Crippen LogP contribution in [0.2, 0.25) is 0 Å². The zero-order valence-corrected chi connectivity index (χ0v) is 11.5. The van der Waals surface area contributed by atoms with E-state index in [4.69, 9.17) is 9.84 Å². The molecule has 0 atom stereocenters. The van der Waals surface area contributed by atoms with Gasteiger partial charge in [0.1, 0.15) is 0 Å². The normalized spacial score (nSPS) is 10.9. The molecule has 18 heavy (non-hydrogen) atoms. The molecule has 0 aliphatic heterocycles. The molecule has 1 N–H and O–H groups in total. The summed E-state index contributed by atoms with van der Waals surface area (Å²) in [7, 11) is 1.70. The molecule has 1 rings (SSSR count). The summed E-state index contributed by atoms with van der Waals surface area (Å²) in [5, 5.41) is 9.00. The Morgan fingerprint density at radius 2 is 1.89 bits per heavy atom. The Kier molecular flexibility index (Phi) is 6.60. The van der Waals surface area contributed by atoms with E-state index in [1.54, 1.807) is 19.5 Å². The molecule has 5 nitrogen and oxygen atoms in total. The van der Waals surface area contributed by atoms with Crippen molar-refractivity contribution in [3.63, 3.8) is 0 Å². The summed E-state index contributed by atoms with van der Waals surface area (Å²) in [6, 6.07) is 0.417. The van der Waals surface area contributed by atoms with Crippen molar-refractivity contribution >= 4 is 5.95 Å². The number of aliphatic hydroxyl groups is 1. The maximum absolute atomic E-state index is 9.00. The summed E-state index contributed by atoms with van der Waals surface area (Å²) in [6.07, 6.45) is 5.44. The number of rotatable bonds is 8. The lowest BCUT2D eigenvalue weighted by Gasteiger charge is -2.30. The fourth-order valence-electron chi connectivity index (χ4n) is 1.94. The number of aliphatic hydroxyl groups excluding tert-OH is 1. The van der Waals surface area contributed by atoms with Crippen molar-refractivity contribution in [3.8, 4) is 0 Å². The number of anilines is 1. The smallest absolute Gasteiger partial charge is 0.225 e. The summed E-state index contributed by atoms with van der Waals surface area (Å²) >= 11 is 0. The first-order valence-corrected chi connectivity index (χ1v) is 6.44. The Morgan fingerprint density at radius 3 is 2.33 bits per heavy atom. The van der Waals surface area contributed by atoms with Gasteiger partial charge in [-0.2, -0.15) is 0 Å². The average Bonchev–Trinajstić information content (AvgIpc) is 2.43. The second-order valence-electron chi connectivity index (χ2n) is 4.21. The first-order chi connectivity index (χ1) is 8.76. The van der Waals surface area contributed by atoms with E-state index in [1.807, 2.05) is 0 Å². The minimum atomic E-state index is -0.0245. The van der Waals surface area contributed by atoms with Crippen molar-refractivity contribution < 1.29 is 9.84 Å². The monoisotopic (exact) mass is 253 g/mol. The molecule has 1 heterocycles. The van der Waals surface area contributed by atoms with Crippen molar-refractivity contribution in [1.29, 1.82) is 0 Å². The Bertz CT molecular complexity index is 326. The summed E-state index contributed by atoms with van der Waals surface area (Å²) < 4.78 is 5.14. The van der Waals surface area contributed by atoms with Crippen LogP contribution in [0.1, 0.15) is 32.3 Å². The third kappa shape index (κ3) is 3.92. The number of hydrogen-bond acceptors (Lipinski definition) is 5. The molecule has 0 aromatic carbocycles. The molecule has 0 aliphatic carbocycles. The highest BCUT2D eigenvalue weighted by molar-refractivity contribution is 5.31. The SMILES string of the molecule is CCC(CC)N(CCOC)c1ncc(CO)cn1. The number of aromatic nitrogens is 2. The Hall–Kier alpha value is -1.20. The van der Waals surface area contributed by atoms with Gasteiger partial charge < -0.3 is 14.7 Å². The number of nitrogens with zero attached hydrogens (tertiary/aromatic N) is 3. The van der Waals surface area contributed by atoms with Crippen LogP contribution in [0.5, 0.6) is 0 Å². The molecule has 0 aliphatic rings. The van der Waals surface area contributed by atoms with Crippen LogP contribution in [0, 0.1) is 0 Å². The van der Waals surface area contributed by atoms with E-state index in [0.717, 1.165) is 24.9 Å². The van der Waals surface area contributed by atoms with Crippen LogP contribution < -0.4 is 4.90 Å². The number of methoxy groups -OCH3 is 1. The first kappa shape index (κ1) is 14.9. The predicted octanol–water partition coefficient (Wildman–Crippen LogP) is 1.61. The minimum absolute atomic E-state index is 0.0245. The lowest BCUT2D eigenvalue weighted by molar-refractivity contribution is 0.202. The van der Waals surface area contributed by atoms with Crippen LogP contribution in [0.4, 0.5) is 5.95 Å². The van der Waals surface area contributed by atoms with Crippen LogP contribution >= 0.6 is 0 Å². The molecule has 0 bridgehead atoms. The van der Waals surface area contributed by atoms with Gasteiger partial charge in [-0.05, 0) is 12.8 Å². The third-order valence-electron chi connectivity index (χ3n) is 3.05. The molecule has 0 spiro atoms. The molecule has 0 radical (unpaired) electrons. The zero-order valence-electron chi connectivity index (χ0n) is 11.5. The number of hydrogen-bond donors (Lipinski definition) is 1. The third-order valence-corrected chi connectivity index (χ3v) is 3.05. The van der Waals surface area contributed by atoms with Gasteiger partial charge in [0.05, 0.1) is 13.2 Å². The largest absolute Gasteiger partial charge is 0.392 e. The fourth-order valence-corrected chi connectivity index (χ4v) is 1.94. The van der Waals surface area contributed by atoms with Crippen molar-refractivity contribution in [3.05, 3.63) is 18.0 Å². The Morgan fingerprint density at radius 1 is 1.28 bits per heavy atom. The van der Waals surface area contributed by atoms with Gasteiger partial charge in [0.2, 0.25) is 5.95 Å². The molecule has 1 aromatic heterocycles. The zero-order chi connectivity index (χ0) is 13.4. The van der Waals surface area contributed by atoms with Crippen LogP contribution in [0.3, 0.4) is 0 Å². The van der Waals surface area contributed by atoms with Crippen molar-refractivity contribution in [2.24, 2.45) is 0 Å². The van der Waals surface area contributed by atoms with Gasteiger partial charge in [-0.1, -0.05) is 13.8 Å².